The van der Waals surface area contributed by atoms with Crippen LogP contribution in [0.25, 0.3) is 92.9 Å². The molecule has 0 radical (unpaired) electrons. The molecule has 0 amide bonds. The van der Waals surface area contributed by atoms with E-state index in [9.17, 15) is 0 Å². The molecule has 0 aliphatic rings. The van der Waals surface area contributed by atoms with Gasteiger partial charge in [0.25, 0.3) is 0 Å². The Kier molecular flexibility index (Phi) is 4.21. The zero-order valence-corrected chi connectivity index (χ0v) is 22.6. The minimum Gasteiger partial charge on any atom is -0.456 e. The van der Waals surface area contributed by atoms with Gasteiger partial charge < -0.3 is 8.98 Å². The molecule has 194 valence electrons. The van der Waals surface area contributed by atoms with Crippen molar-refractivity contribution in [3.8, 4) is 16.8 Å². The fraction of sp³-hybridized carbons (Fsp3) is 0. The third-order valence-corrected chi connectivity index (χ3v) is 9.12. The number of hydrogen-bond acceptors (Lipinski definition) is 1. The zero-order valence-electron chi connectivity index (χ0n) is 22.6. The maximum atomic E-state index is 6.33. The molecule has 0 fully saturated rings. The molecule has 0 unspecified atom stereocenters. The SMILES string of the molecule is c1cc(-c2ccc3ccc4cccc5ccc2c3c45)cc(-n2c3ccccc3c3ccc4oc5ccccc5c4c32)c1. The molecule has 0 spiro atoms. The predicted octanol–water partition coefficient (Wildman–Crippen LogP) is 11.2. The minimum absolute atomic E-state index is 0.913. The van der Waals surface area contributed by atoms with E-state index in [-0.39, 0.29) is 0 Å². The summed E-state index contributed by atoms with van der Waals surface area (Å²) in [7, 11) is 0. The van der Waals surface area contributed by atoms with Crippen molar-refractivity contribution in [2.75, 3.05) is 0 Å². The van der Waals surface area contributed by atoms with Gasteiger partial charge >= 0.3 is 0 Å². The minimum atomic E-state index is 0.913. The lowest BCUT2D eigenvalue weighted by molar-refractivity contribution is 0.669. The summed E-state index contributed by atoms with van der Waals surface area (Å²) in [4.78, 5) is 0. The molecule has 2 nitrogen and oxygen atoms in total. The zero-order chi connectivity index (χ0) is 27.4. The number of rotatable bonds is 2. The van der Waals surface area contributed by atoms with Crippen LogP contribution in [0.4, 0.5) is 0 Å². The first-order valence-electron chi connectivity index (χ1n) is 14.4. The maximum absolute atomic E-state index is 6.33. The van der Waals surface area contributed by atoms with E-state index in [1.165, 1.54) is 65.3 Å². The lowest BCUT2D eigenvalue weighted by Gasteiger charge is -2.15. The summed E-state index contributed by atoms with van der Waals surface area (Å²) in [6, 6.07) is 50.6. The third-order valence-electron chi connectivity index (χ3n) is 9.12. The van der Waals surface area contributed by atoms with Crippen LogP contribution in [0.15, 0.2) is 144 Å². The molecule has 2 heterocycles. The van der Waals surface area contributed by atoms with Crippen molar-refractivity contribution in [3.63, 3.8) is 0 Å². The van der Waals surface area contributed by atoms with Crippen molar-refractivity contribution in [1.29, 1.82) is 0 Å². The van der Waals surface area contributed by atoms with E-state index in [0.717, 1.165) is 27.6 Å². The Balaban J connectivity index is 1.30. The molecule has 0 aliphatic carbocycles. The van der Waals surface area contributed by atoms with Crippen molar-refractivity contribution < 1.29 is 4.42 Å². The van der Waals surface area contributed by atoms with E-state index in [1.807, 2.05) is 6.07 Å². The number of furan rings is 1. The first kappa shape index (κ1) is 22.1. The first-order chi connectivity index (χ1) is 20.8. The van der Waals surface area contributed by atoms with Crippen LogP contribution < -0.4 is 0 Å². The molecule has 2 heteroatoms. The van der Waals surface area contributed by atoms with E-state index in [1.54, 1.807) is 0 Å². The number of benzene rings is 8. The Morgan fingerprint density at radius 3 is 2.05 bits per heavy atom. The van der Waals surface area contributed by atoms with Crippen molar-refractivity contribution in [1.82, 2.24) is 4.57 Å². The molecular formula is C40H23NO. The Hall–Kier alpha value is -5.60. The quantitative estimate of drug-likeness (QED) is 0.202. The van der Waals surface area contributed by atoms with Crippen molar-refractivity contribution in [3.05, 3.63) is 140 Å². The van der Waals surface area contributed by atoms with Gasteiger partial charge in [-0.3, -0.25) is 0 Å². The van der Waals surface area contributed by atoms with E-state index < -0.39 is 0 Å². The Bertz CT molecular complexity index is 2670. The van der Waals surface area contributed by atoms with Gasteiger partial charge in [0.1, 0.15) is 11.2 Å². The van der Waals surface area contributed by atoms with Gasteiger partial charge in [0.2, 0.25) is 0 Å². The predicted molar refractivity (Wildman–Crippen MR) is 177 cm³/mol. The van der Waals surface area contributed by atoms with Crippen LogP contribution in [0.5, 0.6) is 0 Å². The van der Waals surface area contributed by atoms with E-state index in [0.29, 0.717) is 0 Å². The van der Waals surface area contributed by atoms with Crippen LogP contribution in [-0.2, 0) is 0 Å². The van der Waals surface area contributed by atoms with Gasteiger partial charge in [-0.15, -0.1) is 0 Å². The van der Waals surface area contributed by atoms with Gasteiger partial charge in [0, 0.05) is 21.8 Å². The highest BCUT2D eigenvalue weighted by Crippen LogP contribution is 2.43. The van der Waals surface area contributed by atoms with Crippen LogP contribution in [0, 0.1) is 0 Å². The number of aromatic nitrogens is 1. The van der Waals surface area contributed by atoms with Gasteiger partial charge in [0.05, 0.1) is 16.4 Å². The molecule has 0 aliphatic heterocycles. The smallest absolute Gasteiger partial charge is 0.137 e. The van der Waals surface area contributed by atoms with Crippen molar-refractivity contribution in [2.24, 2.45) is 0 Å². The van der Waals surface area contributed by atoms with Crippen LogP contribution in [0.3, 0.4) is 0 Å². The number of fused-ring (bicyclic) bond motifs is 7. The van der Waals surface area contributed by atoms with Gasteiger partial charge in [0.15, 0.2) is 0 Å². The number of para-hydroxylation sites is 2. The summed E-state index contributed by atoms with van der Waals surface area (Å²) in [6.07, 6.45) is 0. The highest BCUT2D eigenvalue weighted by atomic mass is 16.3. The topological polar surface area (TPSA) is 18.1 Å². The fourth-order valence-electron chi connectivity index (χ4n) is 7.33. The summed E-state index contributed by atoms with van der Waals surface area (Å²) in [5.74, 6) is 0. The van der Waals surface area contributed by atoms with Gasteiger partial charge in [-0.25, -0.2) is 0 Å². The second kappa shape index (κ2) is 7.99. The summed E-state index contributed by atoms with van der Waals surface area (Å²) in [5.41, 5.74) is 7.81. The van der Waals surface area contributed by atoms with E-state index >= 15 is 0 Å². The standard InChI is InChI=1S/C40H23NO/c1-3-13-34-30(11-1)32-21-22-36-39(33-12-2-4-14-35(33)42-36)40(32)41(34)28-10-6-9-27(23-28)29-19-17-26-16-15-24-7-5-8-25-18-20-31(29)38(26)37(24)25/h1-23H. The molecule has 8 aromatic carbocycles. The molecule has 0 saturated carbocycles. The summed E-state index contributed by atoms with van der Waals surface area (Å²) >= 11 is 0. The third kappa shape index (κ3) is 2.83. The molecule has 0 bridgehead atoms. The van der Waals surface area contributed by atoms with Gasteiger partial charge in [-0.05, 0) is 79.8 Å². The lowest BCUT2D eigenvalue weighted by Crippen LogP contribution is -1.95. The Morgan fingerprint density at radius 2 is 1.14 bits per heavy atom. The Labute approximate surface area is 241 Å². The normalized spacial score (nSPS) is 12.3. The van der Waals surface area contributed by atoms with Crippen LogP contribution >= 0.6 is 0 Å². The van der Waals surface area contributed by atoms with E-state index in [2.05, 4.69) is 138 Å². The molecule has 10 aromatic rings. The Morgan fingerprint density at radius 1 is 0.429 bits per heavy atom. The van der Waals surface area contributed by atoms with Gasteiger partial charge in [-0.2, -0.15) is 0 Å². The molecule has 0 N–H and O–H groups in total. The molecule has 42 heavy (non-hydrogen) atoms. The fourth-order valence-corrected chi connectivity index (χ4v) is 7.33. The van der Waals surface area contributed by atoms with Crippen molar-refractivity contribution >= 4 is 76.1 Å². The highest BCUT2D eigenvalue weighted by Gasteiger charge is 2.19. The average molecular weight is 534 g/mol. The molecule has 10 rings (SSSR count). The molecule has 0 atom stereocenters. The van der Waals surface area contributed by atoms with Gasteiger partial charge in [-0.1, -0.05) is 103 Å². The highest BCUT2D eigenvalue weighted by molar-refractivity contribution is 6.26. The number of nitrogens with zero attached hydrogens (tertiary/aromatic N) is 1. The summed E-state index contributed by atoms with van der Waals surface area (Å²) in [5, 5.41) is 12.6. The van der Waals surface area contributed by atoms with E-state index in [4.69, 9.17) is 4.42 Å². The average Bonchev–Trinajstić information content (AvgIpc) is 3.59. The number of hydrogen-bond donors (Lipinski definition) is 0. The van der Waals surface area contributed by atoms with Crippen LogP contribution in [0.1, 0.15) is 0 Å². The lowest BCUT2D eigenvalue weighted by atomic mass is 9.90. The molecular weight excluding hydrogens is 510 g/mol. The second-order valence-corrected chi connectivity index (χ2v) is 11.3. The first-order valence-corrected chi connectivity index (χ1v) is 14.4. The molecule has 0 saturated heterocycles. The van der Waals surface area contributed by atoms with Crippen LogP contribution in [-0.4, -0.2) is 4.57 Å². The second-order valence-electron chi connectivity index (χ2n) is 11.3. The maximum Gasteiger partial charge on any atom is 0.137 e. The van der Waals surface area contributed by atoms with Crippen molar-refractivity contribution in [2.45, 2.75) is 0 Å². The van der Waals surface area contributed by atoms with Crippen LogP contribution in [0.2, 0.25) is 0 Å². The summed E-state index contributed by atoms with van der Waals surface area (Å²) < 4.78 is 8.76. The summed E-state index contributed by atoms with van der Waals surface area (Å²) in [6.45, 7) is 0. The largest absolute Gasteiger partial charge is 0.456 e. The molecule has 2 aromatic heterocycles. The monoisotopic (exact) mass is 533 g/mol.